The number of rotatable bonds is 5. The highest BCUT2D eigenvalue weighted by Gasteiger charge is 2.09. The quantitative estimate of drug-likeness (QED) is 0.328. The van der Waals surface area contributed by atoms with Gasteiger partial charge in [-0.2, -0.15) is 14.9 Å². The second-order valence-corrected chi connectivity index (χ2v) is 5.23. The number of H-pyrrole nitrogens is 1. The van der Waals surface area contributed by atoms with Gasteiger partial charge in [0.25, 0.3) is 5.69 Å². The Morgan fingerprint density at radius 3 is 2.76 bits per heavy atom. The maximum Gasteiger partial charge on any atom is 0.276 e. The zero-order valence-electron chi connectivity index (χ0n) is 12.8. The summed E-state index contributed by atoms with van der Waals surface area (Å²) in [5, 5.41) is 22.1. The molecule has 0 fully saturated rings. The van der Waals surface area contributed by atoms with Crippen molar-refractivity contribution in [3.63, 3.8) is 0 Å². The first-order chi connectivity index (χ1) is 12.2. The molecule has 124 valence electrons. The van der Waals surface area contributed by atoms with Crippen molar-refractivity contribution in [2.75, 3.05) is 0 Å². The van der Waals surface area contributed by atoms with Crippen LogP contribution in [0.3, 0.4) is 0 Å². The van der Waals surface area contributed by atoms with Gasteiger partial charge in [-0.15, -0.1) is 0 Å². The highest BCUT2D eigenvalue weighted by atomic mass is 32.1. The standard InChI is InChI=1S/C16H12N6O2S/c23-22(24)14-6-2-1-4-12(14)5-3-9-18-21-15(19-20-16(21)25)13-7-10-17-11-8-13/h1-11H,(H,20,25)/b5-3+,18-9+. The van der Waals surface area contributed by atoms with Crippen LogP contribution in [-0.2, 0) is 0 Å². The second-order valence-electron chi connectivity index (χ2n) is 4.84. The van der Waals surface area contributed by atoms with Gasteiger partial charge in [0.05, 0.1) is 10.5 Å². The van der Waals surface area contributed by atoms with Gasteiger partial charge in [-0.1, -0.05) is 12.1 Å². The average Bonchev–Trinajstić information content (AvgIpc) is 3.00. The monoisotopic (exact) mass is 352 g/mol. The molecule has 0 unspecified atom stereocenters. The van der Waals surface area contributed by atoms with Crippen molar-refractivity contribution >= 4 is 30.2 Å². The predicted molar refractivity (Wildman–Crippen MR) is 96.7 cm³/mol. The lowest BCUT2D eigenvalue weighted by molar-refractivity contribution is -0.385. The van der Waals surface area contributed by atoms with E-state index in [1.54, 1.807) is 54.9 Å². The zero-order valence-corrected chi connectivity index (χ0v) is 13.6. The molecule has 0 bridgehead atoms. The normalized spacial score (nSPS) is 11.4. The van der Waals surface area contributed by atoms with Gasteiger partial charge < -0.3 is 0 Å². The number of aromatic nitrogens is 4. The smallest absolute Gasteiger partial charge is 0.265 e. The number of benzene rings is 1. The van der Waals surface area contributed by atoms with Crippen molar-refractivity contribution < 1.29 is 4.92 Å². The Morgan fingerprint density at radius 2 is 2.00 bits per heavy atom. The van der Waals surface area contributed by atoms with Crippen molar-refractivity contribution in [3.8, 4) is 11.4 Å². The van der Waals surface area contributed by atoms with E-state index in [-0.39, 0.29) is 5.69 Å². The lowest BCUT2D eigenvalue weighted by Crippen LogP contribution is -1.94. The molecule has 0 saturated carbocycles. The fourth-order valence-corrected chi connectivity index (χ4v) is 2.31. The van der Waals surface area contributed by atoms with Gasteiger partial charge in [-0.3, -0.25) is 15.1 Å². The number of aromatic amines is 1. The summed E-state index contributed by atoms with van der Waals surface area (Å²) in [5.74, 6) is 0.544. The molecule has 0 saturated heterocycles. The van der Waals surface area contributed by atoms with Crippen molar-refractivity contribution in [1.29, 1.82) is 0 Å². The largest absolute Gasteiger partial charge is 0.276 e. The molecule has 2 heterocycles. The maximum atomic E-state index is 11.0. The lowest BCUT2D eigenvalue weighted by atomic mass is 10.2. The summed E-state index contributed by atoms with van der Waals surface area (Å²) < 4.78 is 1.80. The van der Waals surface area contributed by atoms with Crippen molar-refractivity contribution in [2.24, 2.45) is 5.10 Å². The number of pyridine rings is 1. The summed E-state index contributed by atoms with van der Waals surface area (Å²) in [5.41, 5.74) is 1.33. The van der Waals surface area contributed by atoms with Crippen LogP contribution in [0.15, 0.2) is 60.0 Å². The second kappa shape index (κ2) is 7.41. The number of allylic oxidation sites excluding steroid dienone is 1. The van der Waals surface area contributed by atoms with Gasteiger partial charge in [-0.25, -0.2) is 5.10 Å². The molecule has 0 radical (unpaired) electrons. The first-order valence-electron chi connectivity index (χ1n) is 7.19. The molecule has 2 aromatic heterocycles. The number of hydrogen-bond acceptors (Lipinski definition) is 6. The number of nitrogens with zero attached hydrogens (tertiary/aromatic N) is 5. The number of para-hydroxylation sites is 1. The van der Waals surface area contributed by atoms with Crippen LogP contribution in [-0.4, -0.2) is 31.0 Å². The van der Waals surface area contributed by atoms with Crippen LogP contribution in [0.25, 0.3) is 17.5 Å². The molecular formula is C16H12N6O2S. The van der Waals surface area contributed by atoms with Crippen LogP contribution in [0.5, 0.6) is 0 Å². The maximum absolute atomic E-state index is 11.0. The Hall–Kier alpha value is -3.46. The molecule has 0 spiro atoms. The molecule has 8 nitrogen and oxygen atoms in total. The van der Waals surface area contributed by atoms with Gasteiger partial charge in [0.15, 0.2) is 5.82 Å². The van der Waals surface area contributed by atoms with E-state index in [1.807, 2.05) is 0 Å². The van der Waals surface area contributed by atoms with Crippen molar-refractivity contribution in [1.82, 2.24) is 19.9 Å². The van der Waals surface area contributed by atoms with Crippen LogP contribution in [0.2, 0.25) is 0 Å². The predicted octanol–water partition coefficient (Wildman–Crippen LogP) is 3.46. The molecule has 1 aromatic carbocycles. The van der Waals surface area contributed by atoms with Crippen LogP contribution < -0.4 is 0 Å². The highest BCUT2D eigenvalue weighted by molar-refractivity contribution is 7.71. The van der Waals surface area contributed by atoms with Crippen molar-refractivity contribution in [2.45, 2.75) is 0 Å². The van der Waals surface area contributed by atoms with Crippen LogP contribution >= 0.6 is 12.2 Å². The van der Waals surface area contributed by atoms with Crippen LogP contribution in [0.4, 0.5) is 5.69 Å². The molecule has 0 amide bonds. The van der Waals surface area contributed by atoms with E-state index in [0.717, 1.165) is 5.56 Å². The molecule has 0 atom stereocenters. The number of hydrogen-bond donors (Lipinski definition) is 1. The first kappa shape index (κ1) is 16.4. The van der Waals surface area contributed by atoms with E-state index in [0.29, 0.717) is 16.2 Å². The van der Waals surface area contributed by atoms with Gasteiger partial charge in [0.1, 0.15) is 0 Å². The molecular weight excluding hydrogens is 340 g/mol. The fourth-order valence-electron chi connectivity index (χ4n) is 2.13. The van der Waals surface area contributed by atoms with Gasteiger partial charge in [0.2, 0.25) is 4.77 Å². The Bertz CT molecular complexity index is 1010. The number of nitro groups is 1. The van der Waals surface area contributed by atoms with E-state index in [4.69, 9.17) is 12.2 Å². The third-order valence-electron chi connectivity index (χ3n) is 3.27. The summed E-state index contributed by atoms with van der Waals surface area (Å²) in [6.07, 6.45) is 8.00. The Labute approximate surface area is 147 Å². The summed E-state index contributed by atoms with van der Waals surface area (Å²) in [4.78, 5) is 14.5. The molecule has 25 heavy (non-hydrogen) atoms. The Kier molecular flexibility index (Phi) is 4.86. The van der Waals surface area contributed by atoms with E-state index in [1.165, 1.54) is 17.0 Å². The van der Waals surface area contributed by atoms with E-state index in [9.17, 15) is 10.1 Å². The molecule has 3 rings (SSSR count). The SMILES string of the molecule is O=[N+]([O-])c1ccccc1/C=C/C=N/n1c(-c2ccncc2)n[nH]c1=S. The Morgan fingerprint density at radius 1 is 1.24 bits per heavy atom. The van der Waals surface area contributed by atoms with Crippen LogP contribution in [0, 0.1) is 14.9 Å². The summed E-state index contributed by atoms with van der Waals surface area (Å²) in [7, 11) is 0. The van der Waals surface area contributed by atoms with E-state index < -0.39 is 4.92 Å². The van der Waals surface area contributed by atoms with E-state index >= 15 is 0 Å². The zero-order chi connectivity index (χ0) is 17.6. The Balaban J connectivity index is 1.86. The minimum Gasteiger partial charge on any atom is -0.265 e. The highest BCUT2D eigenvalue weighted by Crippen LogP contribution is 2.19. The van der Waals surface area contributed by atoms with Gasteiger partial charge >= 0.3 is 0 Å². The van der Waals surface area contributed by atoms with Crippen LogP contribution in [0.1, 0.15) is 5.56 Å². The minimum atomic E-state index is -0.426. The summed E-state index contributed by atoms with van der Waals surface area (Å²) in [6.45, 7) is 0. The lowest BCUT2D eigenvalue weighted by Gasteiger charge is -1.99. The third-order valence-corrected chi connectivity index (χ3v) is 3.53. The topological polar surface area (TPSA) is 102 Å². The number of nitrogens with one attached hydrogen (secondary N) is 1. The minimum absolute atomic E-state index is 0.0320. The molecule has 0 aliphatic rings. The number of nitro benzene ring substituents is 1. The molecule has 0 aliphatic heterocycles. The molecule has 1 N–H and O–H groups in total. The van der Waals surface area contributed by atoms with Gasteiger partial charge in [-0.05, 0) is 42.6 Å². The summed E-state index contributed by atoms with van der Waals surface area (Å²) in [6, 6.07) is 10.0. The third kappa shape index (κ3) is 3.72. The first-order valence-corrected chi connectivity index (χ1v) is 7.60. The average molecular weight is 352 g/mol. The molecule has 3 aromatic rings. The van der Waals surface area contributed by atoms with E-state index in [2.05, 4.69) is 20.3 Å². The summed E-state index contributed by atoms with van der Waals surface area (Å²) >= 11 is 5.17. The fraction of sp³-hybridized carbons (Fsp3) is 0. The molecule has 0 aliphatic carbocycles. The molecule has 9 heteroatoms. The van der Waals surface area contributed by atoms with Crippen molar-refractivity contribution in [3.05, 3.63) is 75.3 Å². The van der Waals surface area contributed by atoms with Gasteiger partial charge in [0, 0.05) is 30.2 Å².